The molecule has 2 N–H and O–H groups in total. The van der Waals surface area contributed by atoms with E-state index in [4.69, 9.17) is 16.3 Å². The number of halogens is 1. The van der Waals surface area contributed by atoms with Gasteiger partial charge in [0.2, 0.25) is 0 Å². The second-order valence-corrected chi connectivity index (χ2v) is 8.19. The van der Waals surface area contributed by atoms with Crippen molar-refractivity contribution in [1.82, 2.24) is 0 Å². The van der Waals surface area contributed by atoms with E-state index in [0.717, 1.165) is 21.7 Å². The zero-order chi connectivity index (χ0) is 24.4. The molecule has 4 rings (SSSR count). The topological polar surface area (TPSA) is 87.7 Å². The van der Waals surface area contributed by atoms with Crippen molar-refractivity contribution in [1.29, 1.82) is 0 Å². The average Bonchev–Trinajstić information content (AvgIpc) is 3.04. The molecule has 0 spiro atoms. The van der Waals surface area contributed by atoms with Crippen molar-refractivity contribution in [2.45, 2.75) is 13.8 Å². The first-order valence-corrected chi connectivity index (χ1v) is 10.8. The highest BCUT2D eigenvalue weighted by Gasteiger charge is 2.39. The zero-order valence-electron chi connectivity index (χ0n) is 18.8. The van der Waals surface area contributed by atoms with Crippen LogP contribution in [0.3, 0.4) is 0 Å². The lowest BCUT2D eigenvalue weighted by molar-refractivity contribution is -0.120. The van der Waals surface area contributed by atoms with Gasteiger partial charge in [-0.15, -0.1) is 0 Å². The van der Waals surface area contributed by atoms with Crippen LogP contribution in [0.2, 0.25) is 0 Å². The van der Waals surface area contributed by atoms with Crippen LogP contribution in [0.1, 0.15) is 21.5 Å². The van der Waals surface area contributed by atoms with Crippen molar-refractivity contribution in [3.63, 3.8) is 0 Å². The number of anilines is 3. The van der Waals surface area contributed by atoms with Gasteiger partial charge in [0.25, 0.3) is 17.7 Å². The van der Waals surface area contributed by atoms with Gasteiger partial charge in [0.15, 0.2) is 0 Å². The molecule has 1 heterocycles. The second kappa shape index (κ2) is 9.41. The van der Waals surface area contributed by atoms with Crippen molar-refractivity contribution in [2.75, 3.05) is 22.6 Å². The number of ether oxygens (including phenoxy) is 1. The fourth-order valence-corrected chi connectivity index (χ4v) is 3.74. The summed E-state index contributed by atoms with van der Waals surface area (Å²) < 4.78 is 5.12. The summed E-state index contributed by atoms with van der Waals surface area (Å²) in [4.78, 5) is 39.5. The third-order valence-electron chi connectivity index (χ3n) is 5.39. The fraction of sp³-hybridized carbons (Fsp3) is 0.115. The lowest BCUT2D eigenvalue weighted by Gasteiger charge is -2.15. The molecule has 7 nitrogen and oxygen atoms in total. The Morgan fingerprint density at radius 1 is 0.941 bits per heavy atom. The lowest BCUT2D eigenvalue weighted by Crippen LogP contribution is -2.32. The molecule has 0 fully saturated rings. The molecule has 1 aliphatic rings. The van der Waals surface area contributed by atoms with E-state index in [1.807, 2.05) is 32.0 Å². The fourth-order valence-electron chi connectivity index (χ4n) is 3.52. The third-order valence-corrected chi connectivity index (χ3v) is 5.74. The molecule has 0 unspecified atom stereocenters. The first-order valence-electron chi connectivity index (χ1n) is 10.5. The first kappa shape index (κ1) is 23.1. The minimum Gasteiger partial charge on any atom is -0.497 e. The largest absolute Gasteiger partial charge is 0.497 e. The molecular formula is C26H22ClN3O4. The van der Waals surface area contributed by atoms with E-state index in [-0.39, 0.29) is 16.6 Å². The van der Waals surface area contributed by atoms with E-state index in [1.54, 1.807) is 48.5 Å². The molecule has 3 aromatic rings. The van der Waals surface area contributed by atoms with Crippen molar-refractivity contribution >= 4 is 46.4 Å². The van der Waals surface area contributed by atoms with E-state index < -0.39 is 11.8 Å². The molecule has 0 radical (unpaired) electrons. The lowest BCUT2D eigenvalue weighted by atomic mass is 10.1. The number of aryl methyl sites for hydroxylation is 2. The first-order chi connectivity index (χ1) is 16.3. The number of hydrogen-bond donors (Lipinski definition) is 2. The molecule has 0 saturated carbocycles. The van der Waals surface area contributed by atoms with Crippen LogP contribution in [0.15, 0.2) is 77.5 Å². The van der Waals surface area contributed by atoms with Crippen LogP contribution in [0.4, 0.5) is 17.1 Å². The van der Waals surface area contributed by atoms with Gasteiger partial charge in [0.1, 0.15) is 16.5 Å². The number of amides is 3. The Morgan fingerprint density at radius 2 is 1.68 bits per heavy atom. The molecule has 3 amide bonds. The summed E-state index contributed by atoms with van der Waals surface area (Å²) in [6.45, 7) is 3.87. The molecule has 3 aromatic carbocycles. The molecule has 0 aromatic heterocycles. The summed E-state index contributed by atoms with van der Waals surface area (Å²) in [6.07, 6.45) is 0. The minimum absolute atomic E-state index is 0.0606. The van der Waals surface area contributed by atoms with Crippen LogP contribution >= 0.6 is 11.6 Å². The van der Waals surface area contributed by atoms with Gasteiger partial charge in [-0.25, -0.2) is 4.90 Å². The number of hydrogen-bond acceptors (Lipinski definition) is 5. The highest BCUT2D eigenvalue weighted by Crippen LogP contribution is 2.31. The summed E-state index contributed by atoms with van der Waals surface area (Å²) in [5.41, 5.74) is 3.83. The van der Waals surface area contributed by atoms with Crippen LogP contribution in [0, 0.1) is 13.8 Å². The molecule has 1 aliphatic heterocycles. The molecule has 0 saturated heterocycles. The van der Waals surface area contributed by atoms with Crippen LogP contribution < -0.4 is 20.3 Å². The highest BCUT2D eigenvalue weighted by molar-refractivity contribution is 6.53. The van der Waals surface area contributed by atoms with Gasteiger partial charge >= 0.3 is 0 Å². The number of carbonyl (C=O) groups excluding carboxylic acids is 3. The predicted octanol–water partition coefficient (Wildman–Crippen LogP) is 5.00. The smallest absolute Gasteiger partial charge is 0.283 e. The second-order valence-electron chi connectivity index (χ2n) is 7.81. The van der Waals surface area contributed by atoms with Crippen molar-refractivity contribution < 1.29 is 19.1 Å². The number of methoxy groups -OCH3 is 1. The number of rotatable bonds is 6. The van der Waals surface area contributed by atoms with E-state index >= 15 is 0 Å². The zero-order valence-corrected chi connectivity index (χ0v) is 19.6. The molecule has 0 bridgehead atoms. The third kappa shape index (κ3) is 4.51. The number of nitrogens with zero attached hydrogens (tertiary/aromatic N) is 1. The van der Waals surface area contributed by atoms with Gasteiger partial charge in [-0.05, 0) is 73.5 Å². The number of imide groups is 1. The van der Waals surface area contributed by atoms with Gasteiger partial charge < -0.3 is 15.4 Å². The Balaban J connectivity index is 1.54. The molecular weight excluding hydrogens is 454 g/mol. The summed E-state index contributed by atoms with van der Waals surface area (Å²) in [7, 11) is 1.53. The quantitative estimate of drug-likeness (QED) is 0.490. The molecule has 34 heavy (non-hydrogen) atoms. The van der Waals surface area contributed by atoms with Gasteiger partial charge in [-0.1, -0.05) is 29.8 Å². The van der Waals surface area contributed by atoms with Crippen LogP contribution in [0.25, 0.3) is 0 Å². The monoisotopic (exact) mass is 475 g/mol. The van der Waals surface area contributed by atoms with E-state index in [0.29, 0.717) is 22.7 Å². The maximum Gasteiger partial charge on any atom is 0.283 e. The maximum atomic E-state index is 13.0. The van der Waals surface area contributed by atoms with Gasteiger partial charge in [0, 0.05) is 16.9 Å². The van der Waals surface area contributed by atoms with Gasteiger partial charge in [-0.3, -0.25) is 14.4 Å². The van der Waals surface area contributed by atoms with Gasteiger partial charge in [0.05, 0.1) is 12.8 Å². The predicted molar refractivity (Wildman–Crippen MR) is 132 cm³/mol. The number of nitrogens with one attached hydrogen (secondary N) is 2. The number of carbonyl (C=O) groups is 3. The normalized spacial score (nSPS) is 13.4. The number of benzene rings is 3. The minimum atomic E-state index is -0.636. The SMILES string of the molecule is COc1ccc(N2C(=O)C(Cl)=C(Nc3cccc(C(=O)Nc4cc(C)ccc4C)c3)C2=O)cc1. The van der Waals surface area contributed by atoms with Crippen LogP contribution in [0.5, 0.6) is 5.75 Å². The molecule has 172 valence electrons. The van der Waals surface area contributed by atoms with Gasteiger partial charge in [-0.2, -0.15) is 0 Å². The Hall–Kier alpha value is -4.10. The summed E-state index contributed by atoms with van der Waals surface area (Å²) in [6, 6.07) is 18.9. The Kier molecular flexibility index (Phi) is 6.38. The summed E-state index contributed by atoms with van der Waals surface area (Å²) in [5, 5.41) is 5.58. The van der Waals surface area contributed by atoms with E-state index in [1.165, 1.54) is 7.11 Å². The van der Waals surface area contributed by atoms with E-state index in [2.05, 4.69) is 10.6 Å². The van der Waals surface area contributed by atoms with Crippen molar-refractivity contribution in [2.24, 2.45) is 0 Å². The molecule has 8 heteroatoms. The molecule has 0 atom stereocenters. The standard InChI is InChI=1S/C26H22ClN3O4/c1-15-7-8-16(2)21(13-15)29-24(31)17-5-4-6-18(14-17)28-23-22(27)25(32)30(26(23)33)19-9-11-20(34-3)12-10-19/h4-14,28H,1-3H3,(H,29,31). The maximum absolute atomic E-state index is 13.0. The summed E-state index contributed by atoms with van der Waals surface area (Å²) in [5.74, 6) is -0.934. The highest BCUT2D eigenvalue weighted by atomic mass is 35.5. The van der Waals surface area contributed by atoms with Crippen LogP contribution in [-0.2, 0) is 9.59 Å². The van der Waals surface area contributed by atoms with E-state index in [9.17, 15) is 14.4 Å². The molecule has 0 aliphatic carbocycles. The Bertz CT molecular complexity index is 1330. The summed E-state index contributed by atoms with van der Waals surface area (Å²) >= 11 is 6.22. The van der Waals surface area contributed by atoms with Crippen molar-refractivity contribution in [3.05, 3.63) is 94.1 Å². The average molecular weight is 476 g/mol. The van der Waals surface area contributed by atoms with Crippen LogP contribution in [-0.4, -0.2) is 24.8 Å². The van der Waals surface area contributed by atoms with Crippen molar-refractivity contribution in [3.8, 4) is 5.75 Å². The Morgan fingerprint density at radius 3 is 2.38 bits per heavy atom. The Labute approximate surface area is 202 Å².